The van der Waals surface area contributed by atoms with Gasteiger partial charge in [-0.2, -0.15) is 0 Å². The number of aliphatic hydroxyl groups excluding tert-OH is 1. The zero-order valence-electron chi connectivity index (χ0n) is 20.7. The Morgan fingerprint density at radius 1 is 1.33 bits per heavy atom. The Morgan fingerprint density at radius 2 is 2.00 bits per heavy atom. The summed E-state index contributed by atoms with van der Waals surface area (Å²) in [7, 11) is 0. The van der Waals surface area contributed by atoms with Crippen LogP contribution in [0, 0.1) is 16.0 Å². The van der Waals surface area contributed by atoms with Crippen LogP contribution in [0.2, 0.25) is 0 Å². The number of nitrogens with zero attached hydrogens (tertiary/aromatic N) is 2. The van der Waals surface area contributed by atoms with Crippen LogP contribution in [-0.2, 0) is 4.74 Å². The van der Waals surface area contributed by atoms with E-state index in [1.807, 2.05) is 26.0 Å². The summed E-state index contributed by atoms with van der Waals surface area (Å²) in [5, 5.41) is 26.8. The molecule has 3 N–H and O–H groups in total. The number of nitrogens with one attached hydrogen (secondary N) is 2. The van der Waals surface area contributed by atoms with Crippen LogP contribution < -0.4 is 15.5 Å². The first kappa shape index (κ1) is 27.9. The number of nitro groups is 1. The largest absolute Gasteiger partial charge is 0.372 e. The van der Waals surface area contributed by atoms with Crippen LogP contribution in [0.1, 0.15) is 51.5 Å². The van der Waals surface area contributed by atoms with E-state index in [1.165, 1.54) is 12.2 Å². The van der Waals surface area contributed by atoms with Crippen molar-refractivity contribution in [2.24, 2.45) is 5.92 Å². The molecule has 4 atom stereocenters. The van der Waals surface area contributed by atoms with Gasteiger partial charge >= 0.3 is 12.3 Å². The molecule has 1 aliphatic carbocycles. The van der Waals surface area contributed by atoms with Crippen molar-refractivity contribution in [1.29, 1.82) is 0 Å². The predicted molar refractivity (Wildman–Crippen MR) is 138 cm³/mol. The Hall–Kier alpha value is -2.69. The second-order valence-corrected chi connectivity index (χ2v) is 10.1. The lowest BCUT2D eigenvalue weighted by atomic mass is 9.89. The van der Waals surface area contributed by atoms with Gasteiger partial charge < -0.3 is 25.4 Å². The highest BCUT2D eigenvalue weighted by atomic mass is 35.5. The topological polar surface area (TPSA) is 117 Å². The minimum atomic E-state index is -1.66. The molecule has 2 amide bonds. The predicted octanol–water partition coefficient (Wildman–Crippen LogP) is 4.90. The number of aliphatic hydroxyl groups is 1. The molecule has 1 saturated carbocycles. The number of urea groups is 1. The standard InChI is InChI=1S/C25H34ClFN4O5/c1-15(26)4-8-20(12-27)28-25(33)29-22-10-19(21(18-5-6-18)11-24(32)31(34)35)7-9-23(22)30-13-16(2)36-17(3)14-30/h4,7-10,16-18,21,24,32H,5-6,11-14H2,1-3H3,(H2,28,29,33)/b15-4+,20-8+/t16-,17+,21?,24?. The molecule has 198 valence electrons. The highest BCUT2D eigenvalue weighted by Crippen LogP contribution is 2.46. The van der Waals surface area contributed by atoms with Gasteiger partial charge in [0.15, 0.2) is 0 Å². The number of carbonyl (C=O) groups is 1. The molecule has 1 aromatic carbocycles. The molecule has 9 nitrogen and oxygen atoms in total. The number of anilines is 2. The Kier molecular flexibility index (Phi) is 9.69. The van der Waals surface area contributed by atoms with E-state index in [4.69, 9.17) is 16.3 Å². The van der Waals surface area contributed by atoms with Crippen LogP contribution in [0.15, 0.2) is 41.1 Å². The number of rotatable bonds is 10. The number of amides is 2. The van der Waals surface area contributed by atoms with Gasteiger partial charge in [-0.15, -0.1) is 0 Å². The third kappa shape index (κ3) is 7.91. The van der Waals surface area contributed by atoms with Crippen LogP contribution in [0.5, 0.6) is 0 Å². The molecule has 1 aromatic rings. The van der Waals surface area contributed by atoms with Gasteiger partial charge in [0, 0.05) is 24.5 Å². The molecule has 0 aromatic heterocycles. The lowest BCUT2D eigenvalue weighted by molar-refractivity contribution is -0.571. The summed E-state index contributed by atoms with van der Waals surface area (Å²) < 4.78 is 19.3. The van der Waals surface area contributed by atoms with Gasteiger partial charge in [-0.3, -0.25) is 10.1 Å². The molecule has 1 saturated heterocycles. The van der Waals surface area contributed by atoms with Crippen molar-refractivity contribution in [2.45, 2.75) is 64.4 Å². The number of allylic oxidation sites excluding steroid dienone is 4. The van der Waals surface area contributed by atoms with E-state index < -0.39 is 23.9 Å². The summed E-state index contributed by atoms with van der Waals surface area (Å²) in [4.78, 5) is 25.3. The fourth-order valence-corrected chi connectivity index (χ4v) is 4.64. The van der Waals surface area contributed by atoms with Gasteiger partial charge in [-0.25, -0.2) is 9.18 Å². The van der Waals surface area contributed by atoms with Crippen LogP contribution >= 0.6 is 11.6 Å². The SMILES string of the molecule is C/C(Cl)=C\C=C(/CF)NC(=O)Nc1cc(C(CC(O)[N+](=O)[O-])C2CC2)ccc1N1C[C@@H](C)O[C@@H](C)C1. The Morgan fingerprint density at radius 3 is 2.56 bits per heavy atom. The minimum Gasteiger partial charge on any atom is -0.372 e. The van der Waals surface area contributed by atoms with Crippen LogP contribution in [0.3, 0.4) is 0 Å². The first-order chi connectivity index (χ1) is 17.1. The van der Waals surface area contributed by atoms with Crippen LogP contribution in [0.25, 0.3) is 0 Å². The number of hydrogen-bond donors (Lipinski definition) is 3. The number of benzene rings is 1. The molecule has 2 unspecified atom stereocenters. The van der Waals surface area contributed by atoms with Crippen LogP contribution in [-0.4, -0.2) is 54.3 Å². The number of hydrogen-bond acceptors (Lipinski definition) is 6. The fourth-order valence-electron chi connectivity index (χ4n) is 4.58. The minimum absolute atomic E-state index is 0.00682. The Balaban J connectivity index is 1.91. The summed E-state index contributed by atoms with van der Waals surface area (Å²) in [6.07, 6.45) is 3.03. The summed E-state index contributed by atoms with van der Waals surface area (Å²) >= 11 is 5.80. The first-order valence-corrected chi connectivity index (χ1v) is 12.5. The quantitative estimate of drug-likeness (QED) is 0.173. The molecular formula is C25H34ClFN4O5. The van der Waals surface area contributed by atoms with E-state index in [0.717, 1.165) is 24.1 Å². The third-order valence-electron chi connectivity index (χ3n) is 6.29. The lowest BCUT2D eigenvalue weighted by Crippen LogP contribution is -2.46. The van der Waals surface area contributed by atoms with Crippen molar-refractivity contribution in [2.75, 3.05) is 30.0 Å². The molecular weight excluding hydrogens is 491 g/mol. The number of alkyl halides is 1. The first-order valence-electron chi connectivity index (χ1n) is 12.1. The Bertz CT molecular complexity index is 1000. The molecule has 36 heavy (non-hydrogen) atoms. The van der Waals surface area contributed by atoms with E-state index in [9.17, 15) is 24.4 Å². The zero-order valence-corrected chi connectivity index (χ0v) is 21.5. The monoisotopic (exact) mass is 524 g/mol. The second-order valence-electron chi connectivity index (χ2n) is 9.54. The van der Waals surface area contributed by atoms with Gasteiger partial charge in [0.1, 0.15) is 6.67 Å². The average molecular weight is 525 g/mol. The highest BCUT2D eigenvalue weighted by molar-refractivity contribution is 6.29. The van der Waals surface area contributed by atoms with E-state index >= 15 is 0 Å². The third-order valence-corrected chi connectivity index (χ3v) is 6.41. The maximum atomic E-state index is 13.4. The van der Waals surface area contributed by atoms with Crippen molar-refractivity contribution in [3.05, 3.63) is 56.8 Å². The average Bonchev–Trinajstić information content (AvgIpc) is 3.64. The molecule has 2 aliphatic rings. The molecule has 3 rings (SSSR count). The van der Waals surface area contributed by atoms with Gasteiger partial charge in [0.25, 0.3) is 0 Å². The summed E-state index contributed by atoms with van der Waals surface area (Å²) in [6, 6.07) is 4.96. The maximum Gasteiger partial charge on any atom is 0.323 e. The van der Waals surface area contributed by atoms with E-state index in [0.29, 0.717) is 23.8 Å². The molecule has 0 bridgehead atoms. The van der Waals surface area contributed by atoms with Gasteiger partial charge in [-0.05, 0) is 75.3 Å². The van der Waals surface area contributed by atoms with Crippen molar-refractivity contribution >= 4 is 29.0 Å². The van der Waals surface area contributed by atoms with E-state index in [-0.39, 0.29) is 36.2 Å². The molecule has 1 heterocycles. The molecule has 11 heteroatoms. The molecule has 0 spiro atoms. The molecule has 1 aliphatic heterocycles. The summed E-state index contributed by atoms with van der Waals surface area (Å²) in [5.74, 6) is 0.0194. The summed E-state index contributed by atoms with van der Waals surface area (Å²) in [6.45, 7) is 5.93. The zero-order chi connectivity index (χ0) is 26.4. The highest BCUT2D eigenvalue weighted by Gasteiger charge is 2.37. The van der Waals surface area contributed by atoms with Gasteiger partial charge in [0.2, 0.25) is 0 Å². The van der Waals surface area contributed by atoms with E-state index in [1.54, 1.807) is 13.0 Å². The number of morpholine rings is 1. The normalized spacial score (nSPS) is 22.7. The fraction of sp³-hybridized carbons (Fsp3) is 0.560. The maximum absolute atomic E-state index is 13.4. The van der Waals surface area contributed by atoms with Crippen molar-refractivity contribution in [3.63, 3.8) is 0 Å². The van der Waals surface area contributed by atoms with Crippen LogP contribution in [0.4, 0.5) is 20.6 Å². The smallest absolute Gasteiger partial charge is 0.323 e. The number of carbonyl (C=O) groups excluding carboxylic acids is 1. The van der Waals surface area contributed by atoms with Crippen molar-refractivity contribution < 1.29 is 24.0 Å². The second kappa shape index (κ2) is 12.5. The van der Waals surface area contributed by atoms with Crippen molar-refractivity contribution in [1.82, 2.24) is 5.32 Å². The van der Waals surface area contributed by atoms with Gasteiger partial charge in [-0.1, -0.05) is 17.7 Å². The van der Waals surface area contributed by atoms with Crippen molar-refractivity contribution in [3.8, 4) is 0 Å². The lowest BCUT2D eigenvalue weighted by Gasteiger charge is -2.38. The van der Waals surface area contributed by atoms with E-state index in [2.05, 4.69) is 15.5 Å². The number of ether oxygens (including phenoxy) is 1. The molecule has 0 radical (unpaired) electrons. The molecule has 2 fully saturated rings. The summed E-state index contributed by atoms with van der Waals surface area (Å²) in [5.41, 5.74) is 2.11. The Labute approximate surface area is 215 Å². The van der Waals surface area contributed by atoms with Gasteiger partial charge in [0.05, 0.1) is 34.2 Å². The number of halogens is 2.